The molecule has 2 unspecified atom stereocenters. The van der Waals surface area contributed by atoms with Crippen molar-refractivity contribution >= 4 is 5.82 Å². The van der Waals surface area contributed by atoms with Crippen LogP contribution in [0, 0.1) is 11.3 Å². The van der Waals surface area contributed by atoms with E-state index < -0.39 is 0 Å². The molecule has 1 aromatic heterocycles. The van der Waals surface area contributed by atoms with Gasteiger partial charge in [-0.1, -0.05) is 34.1 Å². The smallest absolute Gasteiger partial charge is 0.128 e. The molecule has 0 saturated carbocycles. The molecule has 4 rings (SSSR count). The maximum atomic E-state index is 8.73. The summed E-state index contributed by atoms with van der Waals surface area (Å²) < 4.78 is 0. The molecule has 116 valence electrons. The first kappa shape index (κ1) is 17.5. The van der Waals surface area contributed by atoms with Gasteiger partial charge in [0.2, 0.25) is 0 Å². The second-order valence-electron chi connectivity index (χ2n) is 5.21. The van der Waals surface area contributed by atoms with Crippen molar-refractivity contribution in [2.45, 2.75) is 59.0 Å². The number of nitriles is 1. The highest BCUT2D eigenvalue weighted by Crippen LogP contribution is 2.26. The molecule has 0 radical (unpaired) electrons. The Morgan fingerprint density at radius 2 is 2.05 bits per heavy atom. The van der Waals surface area contributed by atoms with Gasteiger partial charge in [0.25, 0.3) is 0 Å². The molecule has 3 saturated heterocycles. The quantitative estimate of drug-likeness (QED) is 0.861. The van der Waals surface area contributed by atoms with Gasteiger partial charge in [-0.25, -0.2) is 4.98 Å². The number of anilines is 1. The Morgan fingerprint density at radius 1 is 1.33 bits per heavy atom. The fourth-order valence-electron chi connectivity index (χ4n) is 2.61. The van der Waals surface area contributed by atoms with Crippen molar-refractivity contribution < 1.29 is 0 Å². The van der Waals surface area contributed by atoms with Crippen LogP contribution >= 0.6 is 0 Å². The van der Waals surface area contributed by atoms with E-state index in [0.29, 0.717) is 17.6 Å². The van der Waals surface area contributed by atoms with Crippen molar-refractivity contribution in [3.63, 3.8) is 0 Å². The summed E-state index contributed by atoms with van der Waals surface area (Å²) in [5, 5.41) is 12.2. The van der Waals surface area contributed by atoms with E-state index in [0.717, 1.165) is 18.9 Å². The van der Waals surface area contributed by atoms with E-state index in [1.54, 1.807) is 6.20 Å². The third kappa shape index (κ3) is 4.71. The van der Waals surface area contributed by atoms with Gasteiger partial charge >= 0.3 is 0 Å². The number of nitrogens with one attached hydrogen (secondary N) is 1. The van der Waals surface area contributed by atoms with Gasteiger partial charge in [-0.05, 0) is 25.0 Å². The average molecular weight is 288 g/mol. The third-order valence-electron chi connectivity index (χ3n) is 3.52. The fraction of sp³-hybridized carbons (Fsp3) is 0.647. The van der Waals surface area contributed by atoms with Gasteiger partial charge in [-0.3, -0.25) is 0 Å². The number of aromatic nitrogens is 1. The van der Waals surface area contributed by atoms with Gasteiger partial charge in [-0.15, -0.1) is 0 Å². The van der Waals surface area contributed by atoms with Gasteiger partial charge in [0.05, 0.1) is 5.56 Å². The zero-order chi connectivity index (χ0) is 15.7. The lowest BCUT2D eigenvalue weighted by atomic mass is 9.93. The van der Waals surface area contributed by atoms with Crippen LogP contribution in [0.25, 0.3) is 0 Å². The summed E-state index contributed by atoms with van der Waals surface area (Å²) in [4.78, 5) is 6.73. The molecule has 0 spiro atoms. The SMILES string of the molecule is CC.CCC.N#Cc1ccc(N2CC3CCC2CN3)nc1. The van der Waals surface area contributed by atoms with E-state index in [9.17, 15) is 0 Å². The highest BCUT2D eigenvalue weighted by molar-refractivity contribution is 5.44. The normalized spacial score (nSPS) is 22.3. The second kappa shape index (κ2) is 9.36. The van der Waals surface area contributed by atoms with Crippen LogP contribution in [0.15, 0.2) is 18.3 Å². The summed E-state index contributed by atoms with van der Waals surface area (Å²) in [5.74, 6) is 1.01. The van der Waals surface area contributed by atoms with E-state index in [2.05, 4.69) is 35.1 Å². The average Bonchev–Trinajstić information content (AvgIpc) is 2.58. The Labute approximate surface area is 129 Å². The predicted molar refractivity (Wildman–Crippen MR) is 88.4 cm³/mol. The molecule has 3 aliphatic rings. The molecule has 2 atom stereocenters. The van der Waals surface area contributed by atoms with Gasteiger partial charge in [0.15, 0.2) is 0 Å². The van der Waals surface area contributed by atoms with Crippen LogP contribution in [0.5, 0.6) is 0 Å². The Balaban J connectivity index is 0.000000395. The van der Waals surface area contributed by atoms with Crippen molar-refractivity contribution in [1.82, 2.24) is 10.3 Å². The first-order valence-electron chi connectivity index (χ1n) is 8.14. The molecule has 4 nitrogen and oxygen atoms in total. The van der Waals surface area contributed by atoms with E-state index in [1.165, 1.54) is 19.3 Å². The van der Waals surface area contributed by atoms with Crippen LogP contribution in [0.4, 0.5) is 5.82 Å². The van der Waals surface area contributed by atoms with Crippen LogP contribution < -0.4 is 10.2 Å². The minimum Gasteiger partial charge on any atom is -0.351 e. The Morgan fingerprint density at radius 3 is 2.43 bits per heavy atom. The summed E-state index contributed by atoms with van der Waals surface area (Å²) in [7, 11) is 0. The van der Waals surface area contributed by atoms with E-state index in [-0.39, 0.29) is 0 Å². The van der Waals surface area contributed by atoms with Gasteiger partial charge in [0.1, 0.15) is 11.9 Å². The molecule has 2 bridgehead atoms. The minimum absolute atomic E-state index is 0.574. The molecule has 21 heavy (non-hydrogen) atoms. The van der Waals surface area contributed by atoms with E-state index in [4.69, 9.17) is 5.26 Å². The molecule has 0 amide bonds. The molecule has 0 aliphatic carbocycles. The van der Waals surface area contributed by atoms with Crippen molar-refractivity contribution in [3.8, 4) is 6.07 Å². The van der Waals surface area contributed by atoms with Crippen molar-refractivity contribution in [2.75, 3.05) is 18.0 Å². The summed E-state index contributed by atoms with van der Waals surface area (Å²) >= 11 is 0. The minimum atomic E-state index is 0.574. The number of pyridine rings is 1. The Hall–Kier alpha value is -1.60. The lowest BCUT2D eigenvalue weighted by molar-refractivity contribution is 0.289. The molecular formula is C17H28N4. The van der Waals surface area contributed by atoms with Crippen LogP contribution in [0.1, 0.15) is 52.5 Å². The number of hydrogen-bond acceptors (Lipinski definition) is 4. The lowest BCUT2D eigenvalue weighted by Crippen LogP contribution is -2.61. The van der Waals surface area contributed by atoms with Crippen LogP contribution in [0.3, 0.4) is 0 Å². The Kier molecular flexibility index (Phi) is 7.78. The molecule has 1 N–H and O–H groups in total. The van der Waals surface area contributed by atoms with E-state index in [1.807, 2.05) is 26.0 Å². The molecule has 3 aliphatic heterocycles. The number of piperazine rings is 1. The predicted octanol–water partition coefficient (Wildman–Crippen LogP) is 3.34. The van der Waals surface area contributed by atoms with Crippen LogP contribution in [-0.2, 0) is 0 Å². The zero-order valence-corrected chi connectivity index (χ0v) is 13.8. The first-order valence-corrected chi connectivity index (χ1v) is 8.14. The molecular weight excluding hydrogens is 260 g/mol. The van der Waals surface area contributed by atoms with Gasteiger partial charge in [-0.2, -0.15) is 5.26 Å². The van der Waals surface area contributed by atoms with Gasteiger partial charge < -0.3 is 10.2 Å². The summed E-state index contributed by atoms with van der Waals surface area (Å²) in [6.45, 7) is 10.4. The molecule has 0 aromatic carbocycles. The number of rotatable bonds is 1. The van der Waals surface area contributed by atoms with Crippen molar-refractivity contribution in [2.24, 2.45) is 0 Å². The highest BCUT2D eigenvalue weighted by atomic mass is 15.3. The number of nitrogens with zero attached hydrogens (tertiary/aromatic N) is 3. The molecule has 4 heteroatoms. The maximum absolute atomic E-state index is 8.73. The second-order valence-corrected chi connectivity index (χ2v) is 5.21. The van der Waals surface area contributed by atoms with Crippen molar-refractivity contribution in [3.05, 3.63) is 23.9 Å². The highest BCUT2D eigenvalue weighted by Gasteiger charge is 2.33. The van der Waals surface area contributed by atoms with Crippen LogP contribution in [-0.4, -0.2) is 30.2 Å². The summed E-state index contributed by atoms with van der Waals surface area (Å²) in [6, 6.07) is 7.09. The van der Waals surface area contributed by atoms with Gasteiger partial charge in [0, 0.05) is 31.4 Å². The monoisotopic (exact) mass is 288 g/mol. The summed E-state index contributed by atoms with van der Waals surface area (Å²) in [6.07, 6.45) is 5.43. The van der Waals surface area contributed by atoms with E-state index >= 15 is 0 Å². The molecule has 3 fully saturated rings. The first-order chi connectivity index (χ1) is 10.3. The Bertz CT molecular complexity index is 427. The standard InChI is InChI=1S/C12H14N4.C3H8.C2H6/c13-5-9-1-4-12(15-6-9)16-8-10-2-3-11(16)7-14-10;1-3-2;1-2/h1,4,6,10-11,14H,2-3,7-8H2;3H2,1-2H3;1-2H3. The number of hydrogen-bond donors (Lipinski definition) is 1. The topological polar surface area (TPSA) is 52.0 Å². The van der Waals surface area contributed by atoms with Crippen molar-refractivity contribution in [1.29, 1.82) is 5.26 Å². The molecule has 1 aromatic rings. The largest absolute Gasteiger partial charge is 0.351 e. The third-order valence-corrected chi connectivity index (χ3v) is 3.52. The maximum Gasteiger partial charge on any atom is 0.128 e. The lowest BCUT2D eigenvalue weighted by Gasteiger charge is -2.46. The number of piperidine rings is 2. The zero-order valence-electron chi connectivity index (χ0n) is 13.8. The summed E-state index contributed by atoms with van der Waals surface area (Å²) in [5.41, 5.74) is 0.629. The fourth-order valence-corrected chi connectivity index (χ4v) is 2.61. The molecule has 4 heterocycles. The number of fused-ring (bicyclic) bond motifs is 3. The van der Waals surface area contributed by atoms with Crippen LogP contribution in [0.2, 0.25) is 0 Å².